The van der Waals surface area contributed by atoms with Crippen molar-refractivity contribution in [3.8, 4) is 0 Å². The number of hydrogen-bond donors (Lipinski definition) is 2. The van der Waals surface area contributed by atoms with Gasteiger partial charge in [0.05, 0.1) is 17.0 Å². The summed E-state index contributed by atoms with van der Waals surface area (Å²) in [6, 6.07) is 0. The Morgan fingerprint density at radius 2 is 2.11 bits per heavy atom. The summed E-state index contributed by atoms with van der Waals surface area (Å²) in [5.41, 5.74) is 4.87. The topological polar surface area (TPSA) is 67.6 Å². The second-order valence-corrected chi connectivity index (χ2v) is 5.04. The monoisotopic (exact) mass is 275 g/mol. The van der Waals surface area contributed by atoms with E-state index in [4.69, 9.17) is 22.7 Å². The van der Waals surface area contributed by atoms with Gasteiger partial charge in [-0.1, -0.05) is 19.1 Å². The van der Waals surface area contributed by atoms with Crippen LogP contribution in [0, 0.1) is 5.41 Å². The standard InChI is InChI=1S/C12H25N3O2S/c1-5-12(2,10(13)18)11(16)14-6-7-15(3)8-9-17-4/h5-9H2,1-4H3,(H2,13,18)(H,14,16). The zero-order valence-corrected chi connectivity index (χ0v) is 12.6. The molecule has 1 amide bonds. The van der Waals surface area contributed by atoms with Gasteiger partial charge in [-0.15, -0.1) is 0 Å². The van der Waals surface area contributed by atoms with Crippen LogP contribution in [0.15, 0.2) is 0 Å². The molecule has 0 aromatic carbocycles. The van der Waals surface area contributed by atoms with E-state index in [-0.39, 0.29) is 10.9 Å². The number of carbonyl (C=O) groups excluding carboxylic acids is 1. The molecule has 0 aromatic heterocycles. The second-order valence-electron chi connectivity index (χ2n) is 4.60. The molecule has 0 rings (SSSR count). The molecule has 0 fully saturated rings. The first-order chi connectivity index (χ1) is 8.38. The molecule has 0 aliphatic carbocycles. The van der Waals surface area contributed by atoms with Crippen molar-refractivity contribution in [2.75, 3.05) is 40.4 Å². The van der Waals surface area contributed by atoms with E-state index >= 15 is 0 Å². The van der Waals surface area contributed by atoms with Crippen molar-refractivity contribution in [3.63, 3.8) is 0 Å². The minimum atomic E-state index is -0.750. The number of hydrogen-bond acceptors (Lipinski definition) is 4. The van der Waals surface area contributed by atoms with Gasteiger partial charge in [0.25, 0.3) is 0 Å². The summed E-state index contributed by atoms with van der Waals surface area (Å²) in [4.78, 5) is 14.3. The smallest absolute Gasteiger partial charge is 0.232 e. The van der Waals surface area contributed by atoms with Crippen molar-refractivity contribution in [2.24, 2.45) is 11.1 Å². The van der Waals surface area contributed by atoms with Gasteiger partial charge in [-0.05, 0) is 20.4 Å². The Bertz CT molecular complexity index is 286. The van der Waals surface area contributed by atoms with Gasteiger partial charge in [-0.25, -0.2) is 0 Å². The van der Waals surface area contributed by atoms with Crippen LogP contribution in [0.4, 0.5) is 0 Å². The molecule has 0 saturated heterocycles. The molecule has 0 aliphatic heterocycles. The van der Waals surface area contributed by atoms with Crippen molar-refractivity contribution < 1.29 is 9.53 Å². The first-order valence-electron chi connectivity index (χ1n) is 6.14. The van der Waals surface area contributed by atoms with Gasteiger partial charge in [-0.3, -0.25) is 4.79 Å². The van der Waals surface area contributed by atoms with Crippen molar-refractivity contribution in [1.82, 2.24) is 10.2 Å². The normalized spacial score (nSPS) is 14.3. The predicted octanol–water partition coefficient (Wildman–Crippen LogP) is 0.383. The third-order valence-corrected chi connectivity index (χ3v) is 3.66. The predicted molar refractivity (Wildman–Crippen MR) is 77.6 cm³/mol. The molecular formula is C12H25N3O2S. The van der Waals surface area contributed by atoms with Gasteiger partial charge in [0, 0.05) is 26.7 Å². The Labute approximate surface area is 115 Å². The average Bonchev–Trinajstić information content (AvgIpc) is 2.34. The highest BCUT2D eigenvalue weighted by atomic mass is 32.1. The number of rotatable bonds is 9. The lowest BCUT2D eigenvalue weighted by atomic mass is 9.86. The highest BCUT2D eigenvalue weighted by Crippen LogP contribution is 2.21. The molecular weight excluding hydrogens is 250 g/mol. The van der Waals surface area contributed by atoms with E-state index in [0.717, 1.165) is 13.1 Å². The van der Waals surface area contributed by atoms with Crippen LogP contribution in [-0.2, 0) is 9.53 Å². The molecule has 1 atom stereocenters. The number of nitrogens with one attached hydrogen (secondary N) is 1. The zero-order chi connectivity index (χ0) is 14.2. The molecule has 0 heterocycles. The SMILES string of the molecule is CCC(C)(C(=O)NCCN(C)CCOC)C(N)=S. The lowest BCUT2D eigenvalue weighted by Crippen LogP contribution is -2.48. The molecule has 18 heavy (non-hydrogen) atoms. The Morgan fingerprint density at radius 1 is 1.50 bits per heavy atom. The van der Waals surface area contributed by atoms with Crippen molar-refractivity contribution in [2.45, 2.75) is 20.3 Å². The largest absolute Gasteiger partial charge is 0.392 e. The number of ether oxygens (including phenoxy) is 1. The molecule has 0 aromatic rings. The molecule has 6 heteroatoms. The summed E-state index contributed by atoms with van der Waals surface area (Å²) < 4.78 is 4.98. The number of methoxy groups -OCH3 is 1. The number of nitrogens with zero attached hydrogens (tertiary/aromatic N) is 1. The van der Waals surface area contributed by atoms with Gasteiger partial charge in [0.2, 0.25) is 5.91 Å². The minimum Gasteiger partial charge on any atom is -0.392 e. The van der Waals surface area contributed by atoms with Crippen molar-refractivity contribution in [3.05, 3.63) is 0 Å². The molecule has 0 bridgehead atoms. The number of amides is 1. The quantitative estimate of drug-likeness (QED) is 0.596. The van der Waals surface area contributed by atoms with E-state index in [9.17, 15) is 4.79 Å². The van der Waals surface area contributed by atoms with Crippen LogP contribution in [0.5, 0.6) is 0 Å². The molecule has 1 unspecified atom stereocenters. The molecule has 3 N–H and O–H groups in total. The third kappa shape index (κ3) is 5.29. The number of carbonyl (C=O) groups is 1. The fourth-order valence-electron chi connectivity index (χ4n) is 1.36. The molecule has 0 spiro atoms. The van der Waals surface area contributed by atoms with E-state index in [1.165, 1.54) is 0 Å². The van der Waals surface area contributed by atoms with Crippen LogP contribution in [0.2, 0.25) is 0 Å². The van der Waals surface area contributed by atoms with Crippen LogP contribution < -0.4 is 11.1 Å². The van der Waals surface area contributed by atoms with Gasteiger partial charge in [-0.2, -0.15) is 0 Å². The van der Waals surface area contributed by atoms with E-state index in [1.807, 2.05) is 14.0 Å². The van der Waals surface area contributed by atoms with Crippen LogP contribution in [0.1, 0.15) is 20.3 Å². The lowest BCUT2D eigenvalue weighted by molar-refractivity contribution is -0.127. The van der Waals surface area contributed by atoms with E-state index in [2.05, 4.69) is 10.2 Å². The van der Waals surface area contributed by atoms with Gasteiger partial charge in [0.1, 0.15) is 0 Å². The van der Waals surface area contributed by atoms with Crippen molar-refractivity contribution >= 4 is 23.1 Å². The second kappa shape index (κ2) is 8.39. The van der Waals surface area contributed by atoms with E-state index in [0.29, 0.717) is 19.6 Å². The summed E-state index contributed by atoms with van der Waals surface area (Å²) >= 11 is 4.96. The van der Waals surface area contributed by atoms with Gasteiger partial charge >= 0.3 is 0 Å². The summed E-state index contributed by atoms with van der Waals surface area (Å²) in [5, 5.41) is 2.87. The molecule has 106 valence electrons. The molecule has 5 nitrogen and oxygen atoms in total. The average molecular weight is 275 g/mol. The number of thiocarbonyl (C=S) groups is 1. The summed E-state index contributed by atoms with van der Waals surface area (Å²) in [6.45, 7) is 6.56. The molecule has 0 saturated carbocycles. The van der Waals surface area contributed by atoms with Crippen LogP contribution in [0.3, 0.4) is 0 Å². The fraction of sp³-hybridized carbons (Fsp3) is 0.833. The Balaban J connectivity index is 4.07. The van der Waals surface area contributed by atoms with E-state index < -0.39 is 5.41 Å². The first-order valence-corrected chi connectivity index (χ1v) is 6.55. The number of nitrogens with two attached hydrogens (primary N) is 1. The fourth-order valence-corrected chi connectivity index (χ4v) is 1.60. The summed E-state index contributed by atoms with van der Waals surface area (Å²) in [7, 11) is 3.66. The first kappa shape index (κ1) is 17.3. The maximum atomic E-state index is 12.0. The molecule has 0 radical (unpaired) electrons. The Kier molecular flexibility index (Phi) is 8.06. The highest BCUT2D eigenvalue weighted by Gasteiger charge is 2.34. The Hall–Kier alpha value is -0.720. The maximum Gasteiger partial charge on any atom is 0.232 e. The van der Waals surface area contributed by atoms with Crippen LogP contribution >= 0.6 is 12.2 Å². The highest BCUT2D eigenvalue weighted by molar-refractivity contribution is 7.80. The molecule has 0 aliphatic rings. The van der Waals surface area contributed by atoms with Crippen LogP contribution in [-0.4, -0.2) is 56.2 Å². The number of likely N-dealkylation sites (N-methyl/N-ethyl adjacent to an activating group) is 1. The zero-order valence-electron chi connectivity index (χ0n) is 11.8. The lowest BCUT2D eigenvalue weighted by Gasteiger charge is -2.26. The maximum absolute atomic E-state index is 12.0. The Morgan fingerprint density at radius 3 is 2.56 bits per heavy atom. The van der Waals surface area contributed by atoms with Crippen LogP contribution in [0.25, 0.3) is 0 Å². The summed E-state index contributed by atoms with van der Waals surface area (Å²) in [5.74, 6) is -0.0994. The van der Waals surface area contributed by atoms with E-state index in [1.54, 1.807) is 14.0 Å². The van der Waals surface area contributed by atoms with Crippen molar-refractivity contribution in [1.29, 1.82) is 0 Å². The third-order valence-electron chi connectivity index (χ3n) is 3.21. The van der Waals surface area contributed by atoms with Gasteiger partial charge in [0.15, 0.2) is 0 Å². The summed E-state index contributed by atoms with van der Waals surface area (Å²) in [6.07, 6.45) is 0.605. The van der Waals surface area contributed by atoms with Gasteiger partial charge < -0.3 is 20.7 Å². The minimum absolute atomic E-state index is 0.0994.